The monoisotopic (exact) mass is 268 g/mol. The summed E-state index contributed by atoms with van der Waals surface area (Å²) in [5, 5.41) is 0. The van der Waals surface area contributed by atoms with Crippen molar-refractivity contribution in [1.29, 1.82) is 0 Å². The van der Waals surface area contributed by atoms with Crippen LogP contribution >= 0.6 is 0 Å². The summed E-state index contributed by atoms with van der Waals surface area (Å²) < 4.78 is 13.8. The van der Waals surface area contributed by atoms with Gasteiger partial charge in [0.2, 0.25) is 5.91 Å². The second-order valence-corrected chi connectivity index (χ2v) is 4.40. The van der Waals surface area contributed by atoms with E-state index in [1.54, 1.807) is 21.1 Å². The maximum Gasteiger partial charge on any atom is 0.250 e. The summed E-state index contributed by atoms with van der Waals surface area (Å²) in [6.45, 7) is -0.0218. The number of hydrogen-bond acceptors (Lipinski definition) is 4. The first-order valence-electron chi connectivity index (χ1n) is 5.54. The van der Waals surface area contributed by atoms with E-state index in [2.05, 4.69) is 0 Å². The highest BCUT2D eigenvalue weighted by atomic mass is 19.1. The SMILES string of the molecule is CN(C)C(=O)CN(C)c1cc(C(N)=O)c(N)cc1F. The number of primary amides is 1. The molecule has 0 aliphatic rings. The highest BCUT2D eigenvalue weighted by Gasteiger charge is 2.17. The predicted molar refractivity (Wildman–Crippen MR) is 71.3 cm³/mol. The summed E-state index contributed by atoms with van der Waals surface area (Å²) in [5.41, 5.74) is 10.8. The minimum atomic E-state index is -0.744. The van der Waals surface area contributed by atoms with Crippen molar-refractivity contribution in [3.63, 3.8) is 0 Å². The Morgan fingerprint density at radius 3 is 2.32 bits per heavy atom. The molecule has 1 rings (SSSR count). The molecular weight excluding hydrogens is 251 g/mol. The smallest absolute Gasteiger partial charge is 0.250 e. The zero-order valence-corrected chi connectivity index (χ0v) is 11.1. The molecule has 7 heteroatoms. The van der Waals surface area contributed by atoms with Gasteiger partial charge in [0.1, 0.15) is 5.82 Å². The Balaban J connectivity index is 3.09. The van der Waals surface area contributed by atoms with E-state index in [-0.39, 0.29) is 29.4 Å². The van der Waals surface area contributed by atoms with Gasteiger partial charge >= 0.3 is 0 Å². The first-order valence-corrected chi connectivity index (χ1v) is 5.54. The molecule has 0 saturated carbocycles. The number of benzene rings is 1. The highest BCUT2D eigenvalue weighted by Crippen LogP contribution is 2.24. The minimum Gasteiger partial charge on any atom is -0.398 e. The van der Waals surface area contributed by atoms with E-state index in [1.807, 2.05) is 0 Å². The molecular formula is C12H17FN4O2. The zero-order valence-electron chi connectivity index (χ0n) is 11.1. The third-order valence-electron chi connectivity index (χ3n) is 2.67. The van der Waals surface area contributed by atoms with Gasteiger partial charge in [-0.25, -0.2) is 4.39 Å². The largest absolute Gasteiger partial charge is 0.398 e. The van der Waals surface area contributed by atoms with Crippen molar-refractivity contribution in [1.82, 2.24) is 4.90 Å². The van der Waals surface area contributed by atoms with Crippen molar-refractivity contribution in [2.45, 2.75) is 0 Å². The van der Waals surface area contributed by atoms with Crippen LogP contribution in [-0.4, -0.2) is 44.4 Å². The van der Waals surface area contributed by atoms with Crippen LogP contribution in [0.1, 0.15) is 10.4 Å². The van der Waals surface area contributed by atoms with Crippen molar-refractivity contribution in [3.05, 3.63) is 23.5 Å². The number of nitrogens with zero attached hydrogens (tertiary/aromatic N) is 2. The standard InChI is InChI=1S/C12H17FN4O2/c1-16(2)11(18)6-17(3)10-4-7(12(15)19)9(14)5-8(10)13/h4-5H,6,14H2,1-3H3,(H2,15,19). The summed E-state index contributed by atoms with van der Waals surface area (Å²) in [7, 11) is 4.75. The molecule has 1 aromatic rings. The Hall–Kier alpha value is -2.31. The lowest BCUT2D eigenvalue weighted by molar-refractivity contribution is -0.127. The van der Waals surface area contributed by atoms with E-state index in [1.165, 1.54) is 15.9 Å². The molecule has 0 unspecified atom stereocenters. The average molecular weight is 268 g/mol. The van der Waals surface area contributed by atoms with Gasteiger partial charge in [-0.3, -0.25) is 9.59 Å². The lowest BCUT2D eigenvalue weighted by atomic mass is 10.1. The van der Waals surface area contributed by atoms with Crippen LogP contribution in [-0.2, 0) is 4.79 Å². The van der Waals surface area contributed by atoms with Crippen molar-refractivity contribution in [2.75, 3.05) is 38.3 Å². The molecule has 0 fully saturated rings. The quantitative estimate of drug-likeness (QED) is 0.753. The van der Waals surface area contributed by atoms with Crippen LogP contribution in [0.4, 0.5) is 15.8 Å². The van der Waals surface area contributed by atoms with Crippen LogP contribution in [0.3, 0.4) is 0 Å². The minimum absolute atomic E-state index is 0.0218. The van der Waals surface area contributed by atoms with Gasteiger partial charge in [0.15, 0.2) is 0 Å². The fourth-order valence-corrected chi connectivity index (χ4v) is 1.51. The average Bonchev–Trinajstić information content (AvgIpc) is 2.27. The Morgan fingerprint density at radius 2 is 1.84 bits per heavy atom. The zero-order chi connectivity index (χ0) is 14.7. The summed E-state index contributed by atoms with van der Waals surface area (Å²) in [4.78, 5) is 25.5. The van der Waals surface area contributed by atoms with Crippen LogP contribution in [0.2, 0.25) is 0 Å². The Morgan fingerprint density at radius 1 is 1.26 bits per heavy atom. The molecule has 19 heavy (non-hydrogen) atoms. The molecule has 6 nitrogen and oxygen atoms in total. The third-order valence-corrected chi connectivity index (χ3v) is 2.67. The number of nitrogen functional groups attached to an aromatic ring is 1. The molecule has 0 aromatic heterocycles. The van der Waals surface area contributed by atoms with E-state index in [9.17, 15) is 14.0 Å². The molecule has 0 radical (unpaired) electrons. The third kappa shape index (κ3) is 3.34. The van der Waals surface area contributed by atoms with Gasteiger partial charge in [-0.2, -0.15) is 0 Å². The van der Waals surface area contributed by atoms with Crippen molar-refractivity contribution in [3.8, 4) is 0 Å². The van der Waals surface area contributed by atoms with Gasteiger partial charge in [0.05, 0.1) is 17.8 Å². The number of amides is 2. The number of halogens is 1. The molecule has 0 heterocycles. The highest BCUT2D eigenvalue weighted by molar-refractivity contribution is 5.99. The van der Waals surface area contributed by atoms with Crippen molar-refractivity contribution >= 4 is 23.2 Å². The maximum absolute atomic E-state index is 13.8. The molecule has 0 aliphatic heterocycles. The fourth-order valence-electron chi connectivity index (χ4n) is 1.51. The first kappa shape index (κ1) is 14.7. The number of likely N-dealkylation sites (N-methyl/N-ethyl adjacent to an activating group) is 2. The summed E-state index contributed by atoms with van der Waals surface area (Å²) in [6, 6.07) is 2.27. The van der Waals surface area contributed by atoms with Gasteiger partial charge in [-0.05, 0) is 12.1 Å². The molecule has 1 aromatic carbocycles. The number of anilines is 2. The number of carbonyl (C=O) groups is 2. The van der Waals surface area contributed by atoms with E-state index >= 15 is 0 Å². The van der Waals surface area contributed by atoms with E-state index < -0.39 is 11.7 Å². The summed E-state index contributed by atoms with van der Waals surface area (Å²) in [5.74, 6) is -1.55. The molecule has 2 amide bonds. The molecule has 104 valence electrons. The summed E-state index contributed by atoms with van der Waals surface area (Å²) >= 11 is 0. The molecule has 4 N–H and O–H groups in total. The summed E-state index contributed by atoms with van der Waals surface area (Å²) in [6.07, 6.45) is 0. The van der Waals surface area contributed by atoms with E-state index in [0.29, 0.717) is 0 Å². The van der Waals surface area contributed by atoms with Crippen LogP contribution in [0.15, 0.2) is 12.1 Å². The number of carbonyl (C=O) groups excluding carboxylic acids is 2. The van der Waals surface area contributed by atoms with E-state index in [0.717, 1.165) is 6.07 Å². The molecule has 0 saturated heterocycles. The maximum atomic E-state index is 13.8. The van der Waals surface area contributed by atoms with Gasteiger partial charge in [-0.1, -0.05) is 0 Å². The van der Waals surface area contributed by atoms with Gasteiger partial charge in [0.25, 0.3) is 5.91 Å². The lowest BCUT2D eigenvalue weighted by Gasteiger charge is -2.22. The number of nitrogens with two attached hydrogens (primary N) is 2. The van der Waals surface area contributed by atoms with Crippen LogP contribution in [0.5, 0.6) is 0 Å². The fraction of sp³-hybridized carbons (Fsp3) is 0.333. The van der Waals surface area contributed by atoms with Crippen LogP contribution < -0.4 is 16.4 Å². The number of rotatable bonds is 4. The molecule has 0 spiro atoms. The Bertz CT molecular complexity index is 517. The van der Waals surface area contributed by atoms with E-state index in [4.69, 9.17) is 11.5 Å². The second-order valence-electron chi connectivity index (χ2n) is 4.40. The molecule has 0 aliphatic carbocycles. The van der Waals surface area contributed by atoms with Crippen LogP contribution in [0, 0.1) is 5.82 Å². The number of hydrogen-bond donors (Lipinski definition) is 2. The normalized spacial score (nSPS) is 10.1. The molecule has 0 atom stereocenters. The van der Waals surface area contributed by atoms with Gasteiger partial charge < -0.3 is 21.3 Å². The Kier molecular flexibility index (Phi) is 4.31. The van der Waals surface area contributed by atoms with Crippen molar-refractivity contribution < 1.29 is 14.0 Å². The first-order chi connectivity index (χ1) is 8.73. The molecule has 0 bridgehead atoms. The second kappa shape index (κ2) is 5.55. The topological polar surface area (TPSA) is 92.7 Å². The Labute approximate surface area is 110 Å². The lowest BCUT2D eigenvalue weighted by Crippen LogP contribution is -2.34. The van der Waals surface area contributed by atoms with Gasteiger partial charge in [-0.15, -0.1) is 0 Å². The predicted octanol–water partition coefficient (Wildman–Crippen LogP) is 0.0312. The van der Waals surface area contributed by atoms with Crippen LogP contribution in [0.25, 0.3) is 0 Å². The van der Waals surface area contributed by atoms with Crippen molar-refractivity contribution in [2.24, 2.45) is 5.73 Å². The van der Waals surface area contributed by atoms with Gasteiger partial charge in [0, 0.05) is 26.8 Å².